The Morgan fingerprint density at radius 2 is 1.95 bits per heavy atom. The van der Waals surface area contributed by atoms with Crippen LogP contribution in [-0.2, 0) is 14.8 Å². The number of benzene rings is 2. The normalized spacial score (nSPS) is 18.6. The van der Waals surface area contributed by atoms with Crippen molar-refractivity contribution in [1.29, 1.82) is 0 Å². The Hall–Kier alpha value is -4.80. The third kappa shape index (κ3) is 5.35. The number of aliphatic imine (C=N–C) groups is 1. The second-order valence-corrected chi connectivity index (χ2v) is 11.0. The Balaban J connectivity index is 1.55. The highest BCUT2D eigenvalue weighted by atomic mass is 32.2. The number of hydrogen-bond donors (Lipinski definition) is 3. The molecule has 40 heavy (non-hydrogen) atoms. The molecular weight excluding hydrogens is 532 g/mol. The molecule has 3 atom stereocenters. The molecule has 4 N–H and O–H groups in total. The van der Waals surface area contributed by atoms with Crippen molar-refractivity contribution in [3.8, 4) is 17.5 Å². The van der Waals surface area contributed by atoms with Gasteiger partial charge in [0.15, 0.2) is 12.2 Å². The minimum atomic E-state index is -3.41. The predicted octanol–water partition coefficient (Wildman–Crippen LogP) is 0.387. The summed E-state index contributed by atoms with van der Waals surface area (Å²) in [5.74, 6) is 5.62. The Morgan fingerprint density at radius 3 is 2.70 bits per heavy atom. The van der Waals surface area contributed by atoms with Crippen molar-refractivity contribution in [2.75, 3.05) is 12.8 Å². The SMILES string of the molecule is CC(NC(=O)C1C(N)=NC2C=CC=NN21)c1nc2cccc(C#CCNS(C)(=O)=O)c2c(=O)n1-c1ccccc1. The zero-order valence-corrected chi connectivity index (χ0v) is 22.5. The molecule has 3 heterocycles. The summed E-state index contributed by atoms with van der Waals surface area (Å²) in [6.45, 7) is 1.62. The van der Waals surface area contributed by atoms with Gasteiger partial charge in [-0.2, -0.15) is 5.10 Å². The fourth-order valence-corrected chi connectivity index (χ4v) is 4.82. The zero-order chi connectivity index (χ0) is 28.4. The molecule has 2 aromatic carbocycles. The van der Waals surface area contributed by atoms with E-state index in [2.05, 4.69) is 32.0 Å². The van der Waals surface area contributed by atoms with Gasteiger partial charge in [-0.15, -0.1) is 0 Å². The third-order valence-electron chi connectivity index (χ3n) is 6.24. The summed E-state index contributed by atoms with van der Waals surface area (Å²) in [5, 5.41) is 8.94. The molecule has 0 spiro atoms. The van der Waals surface area contributed by atoms with Crippen molar-refractivity contribution in [1.82, 2.24) is 24.6 Å². The molecule has 0 saturated carbocycles. The molecule has 0 radical (unpaired) electrons. The Labute approximate surface area is 230 Å². The number of nitrogens with one attached hydrogen (secondary N) is 2. The Kier molecular flexibility index (Phi) is 7.20. The van der Waals surface area contributed by atoms with Crippen molar-refractivity contribution in [2.45, 2.75) is 25.2 Å². The van der Waals surface area contributed by atoms with Gasteiger partial charge < -0.3 is 11.1 Å². The Morgan fingerprint density at radius 1 is 1.18 bits per heavy atom. The maximum Gasteiger partial charge on any atom is 0.267 e. The molecule has 204 valence electrons. The van der Waals surface area contributed by atoms with Crippen LogP contribution < -0.4 is 21.3 Å². The number of fused-ring (bicyclic) bond motifs is 2. The molecule has 0 saturated heterocycles. The van der Waals surface area contributed by atoms with Gasteiger partial charge in [-0.1, -0.05) is 36.1 Å². The second-order valence-electron chi connectivity index (χ2n) is 9.17. The van der Waals surface area contributed by atoms with Gasteiger partial charge in [-0.3, -0.25) is 14.2 Å². The van der Waals surface area contributed by atoms with Gasteiger partial charge >= 0.3 is 0 Å². The molecule has 1 aromatic heterocycles. The quantitative estimate of drug-likeness (QED) is 0.368. The number of sulfonamides is 1. The van der Waals surface area contributed by atoms with Crippen LogP contribution in [0.5, 0.6) is 0 Å². The number of nitrogens with zero attached hydrogens (tertiary/aromatic N) is 5. The van der Waals surface area contributed by atoms with Crippen molar-refractivity contribution < 1.29 is 13.2 Å². The van der Waals surface area contributed by atoms with Gasteiger partial charge in [0, 0.05) is 11.8 Å². The van der Waals surface area contributed by atoms with Gasteiger partial charge in [0.05, 0.1) is 35.4 Å². The molecule has 0 bridgehead atoms. The maximum absolute atomic E-state index is 14.0. The fourth-order valence-electron chi connectivity index (χ4n) is 4.49. The van der Waals surface area contributed by atoms with E-state index in [1.807, 2.05) is 6.07 Å². The van der Waals surface area contributed by atoms with E-state index in [0.29, 0.717) is 22.6 Å². The van der Waals surface area contributed by atoms with Gasteiger partial charge in [-0.25, -0.2) is 28.1 Å². The van der Waals surface area contributed by atoms with Gasteiger partial charge in [0.1, 0.15) is 11.7 Å². The minimum absolute atomic E-state index is 0.109. The Bertz CT molecular complexity index is 1800. The molecule has 0 aliphatic carbocycles. The monoisotopic (exact) mass is 558 g/mol. The van der Waals surface area contributed by atoms with E-state index in [1.54, 1.807) is 67.8 Å². The topological polar surface area (TPSA) is 164 Å². The number of aromatic nitrogens is 2. The summed E-state index contributed by atoms with van der Waals surface area (Å²) >= 11 is 0. The van der Waals surface area contributed by atoms with Crippen LogP contribution in [0.2, 0.25) is 0 Å². The number of para-hydroxylation sites is 1. The lowest BCUT2D eigenvalue weighted by Crippen LogP contribution is -2.51. The van der Waals surface area contributed by atoms with Crippen LogP contribution in [0.3, 0.4) is 0 Å². The summed E-state index contributed by atoms with van der Waals surface area (Å²) in [7, 11) is -3.41. The number of allylic oxidation sites excluding steroid dienone is 1. The van der Waals surface area contributed by atoms with E-state index < -0.39 is 34.2 Å². The summed E-state index contributed by atoms with van der Waals surface area (Å²) in [6.07, 6.45) is 5.67. The van der Waals surface area contributed by atoms with E-state index in [1.165, 1.54) is 9.58 Å². The first-order valence-electron chi connectivity index (χ1n) is 12.3. The molecule has 2 aliphatic heterocycles. The van der Waals surface area contributed by atoms with Crippen LogP contribution in [0.1, 0.15) is 24.4 Å². The second kappa shape index (κ2) is 10.8. The van der Waals surface area contributed by atoms with Crippen LogP contribution in [0.4, 0.5) is 0 Å². The van der Waals surface area contributed by atoms with Crippen molar-refractivity contribution in [3.05, 3.63) is 82.4 Å². The van der Waals surface area contributed by atoms with Crippen LogP contribution in [0.15, 0.2) is 75.6 Å². The van der Waals surface area contributed by atoms with Crippen LogP contribution in [0.25, 0.3) is 16.6 Å². The average Bonchev–Trinajstić information content (AvgIpc) is 3.26. The molecule has 0 fully saturated rings. The van der Waals surface area contributed by atoms with Gasteiger partial charge in [-0.05, 0) is 43.3 Å². The van der Waals surface area contributed by atoms with E-state index in [0.717, 1.165) is 6.26 Å². The average molecular weight is 559 g/mol. The van der Waals surface area contributed by atoms with E-state index in [4.69, 9.17) is 10.7 Å². The predicted molar refractivity (Wildman–Crippen MR) is 152 cm³/mol. The van der Waals surface area contributed by atoms with Gasteiger partial charge in [0.2, 0.25) is 10.0 Å². The van der Waals surface area contributed by atoms with Crippen LogP contribution >= 0.6 is 0 Å². The number of amidine groups is 1. The molecule has 3 aromatic rings. The first kappa shape index (κ1) is 26.8. The third-order valence-corrected chi connectivity index (χ3v) is 6.91. The number of carbonyl (C=O) groups is 1. The van der Waals surface area contributed by atoms with Crippen molar-refractivity contribution >= 4 is 38.9 Å². The smallest absolute Gasteiger partial charge is 0.267 e. The van der Waals surface area contributed by atoms with Crippen molar-refractivity contribution in [3.63, 3.8) is 0 Å². The number of rotatable bonds is 6. The first-order valence-corrected chi connectivity index (χ1v) is 14.2. The van der Waals surface area contributed by atoms with Crippen LogP contribution in [0, 0.1) is 11.8 Å². The standard InChI is InChI=1S/C27H26N8O4S/c1-17(31-26(36)23-24(28)33-21-14-8-15-29-35(21)23)25-32-20-13-6-9-18(10-7-16-30-40(2,38)39)22(20)27(37)34(25)19-11-4-3-5-12-19/h3-6,8-9,11-15,17,21,23,30H,16H2,1-2H3,(H2,28,33)(H,31,36). The molecule has 3 unspecified atom stereocenters. The summed E-state index contributed by atoms with van der Waals surface area (Å²) in [4.78, 5) is 36.5. The molecule has 5 rings (SSSR count). The highest BCUT2D eigenvalue weighted by molar-refractivity contribution is 7.88. The lowest BCUT2D eigenvalue weighted by Gasteiger charge is -2.27. The lowest BCUT2D eigenvalue weighted by molar-refractivity contribution is -0.124. The number of nitrogens with two attached hydrogens (primary N) is 1. The zero-order valence-electron chi connectivity index (χ0n) is 21.6. The van der Waals surface area contributed by atoms with E-state index >= 15 is 0 Å². The lowest BCUT2D eigenvalue weighted by atomic mass is 10.1. The largest absolute Gasteiger partial charge is 0.385 e. The summed E-state index contributed by atoms with van der Waals surface area (Å²) in [6, 6.07) is 12.4. The van der Waals surface area contributed by atoms with E-state index in [-0.39, 0.29) is 23.3 Å². The van der Waals surface area contributed by atoms with E-state index in [9.17, 15) is 18.0 Å². The number of carbonyl (C=O) groups excluding carboxylic acids is 1. The maximum atomic E-state index is 14.0. The first-order chi connectivity index (χ1) is 19.1. The van der Waals surface area contributed by atoms with Gasteiger partial charge in [0.25, 0.3) is 11.5 Å². The summed E-state index contributed by atoms with van der Waals surface area (Å²) < 4.78 is 26.5. The fraction of sp³-hybridized carbons (Fsp3) is 0.222. The molecule has 13 heteroatoms. The van der Waals surface area contributed by atoms with Crippen LogP contribution in [-0.4, -0.2) is 65.9 Å². The highest BCUT2D eigenvalue weighted by Gasteiger charge is 2.39. The molecular formula is C27H26N8O4S. The minimum Gasteiger partial charge on any atom is -0.385 e. The number of amides is 1. The molecule has 1 amide bonds. The summed E-state index contributed by atoms with van der Waals surface area (Å²) in [5.41, 5.74) is 7.02. The molecule has 12 nitrogen and oxygen atoms in total. The number of hydrogen-bond acceptors (Lipinski definition) is 9. The molecule has 2 aliphatic rings. The highest BCUT2D eigenvalue weighted by Crippen LogP contribution is 2.23. The van der Waals surface area contributed by atoms with Crippen molar-refractivity contribution in [2.24, 2.45) is 15.8 Å². The number of hydrazone groups is 1.